The fraction of sp³-hybridized carbons (Fsp3) is 0.364. The van der Waals surface area contributed by atoms with Crippen LogP contribution in [0.4, 0.5) is 5.69 Å². The molecular formula is C22H27N3O5S. The van der Waals surface area contributed by atoms with E-state index in [4.69, 9.17) is 4.74 Å². The zero-order chi connectivity index (χ0) is 22.3. The molecule has 2 aromatic carbocycles. The van der Waals surface area contributed by atoms with Crippen LogP contribution >= 0.6 is 0 Å². The molecule has 9 heteroatoms. The maximum absolute atomic E-state index is 12.9. The van der Waals surface area contributed by atoms with Gasteiger partial charge in [-0.25, -0.2) is 8.42 Å². The number of rotatable bonds is 8. The number of hydrogen-bond donors (Lipinski definition) is 2. The quantitative estimate of drug-likeness (QED) is 0.649. The molecule has 0 spiro atoms. The standard InChI is InChI=1S/C22H27N3O5S/c1-17(26)23-18-7-9-21(10-8-18)31(28,29)25-14-11-19(12-15-25)24-22(27)13-16-30-20-5-3-2-4-6-20/h2-10,19H,11-16H2,1H3,(H,23,26)(H,24,27). The van der Waals surface area contributed by atoms with Gasteiger partial charge < -0.3 is 15.4 Å². The van der Waals surface area contributed by atoms with Crippen molar-refractivity contribution in [3.8, 4) is 5.75 Å². The summed E-state index contributed by atoms with van der Waals surface area (Å²) in [6.45, 7) is 2.35. The summed E-state index contributed by atoms with van der Waals surface area (Å²) in [4.78, 5) is 23.4. The maximum atomic E-state index is 12.9. The highest BCUT2D eigenvalue weighted by Gasteiger charge is 2.29. The number of ether oxygens (including phenoxy) is 1. The van der Waals surface area contributed by atoms with Crippen LogP contribution in [0.3, 0.4) is 0 Å². The lowest BCUT2D eigenvalue weighted by atomic mass is 10.1. The molecule has 1 fully saturated rings. The lowest BCUT2D eigenvalue weighted by Crippen LogP contribution is -2.46. The van der Waals surface area contributed by atoms with Gasteiger partial charge in [-0.05, 0) is 49.2 Å². The molecular weight excluding hydrogens is 418 g/mol. The number of sulfonamides is 1. The third-order valence-electron chi connectivity index (χ3n) is 4.97. The smallest absolute Gasteiger partial charge is 0.243 e. The van der Waals surface area contributed by atoms with Crippen LogP contribution in [0, 0.1) is 0 Å². The van der Waals surface area contributed by atoms with Crippen molar-refractivity contribution in [3.63, 3.8) is 0 Å². The Labute approximate surface area is 182 Å². The largest absolute Gasteiger partial charge is 0.493 e. The molecule has 0 saturated carbocycles. The second-order valence-electron chi connectivity index (χ2n) is 7.36. The zero-order valence-electron chi connectivity index (χ0n) is 17.4. The zero-order valence-corrected chi connectivity index (χ0v) is 18.2. The van der Waals surface area contributed by atoms with E-state index in [-0.39, 0.29) is 35.8 Å². The first-order valence-electron chi connectivity index (χ1n) is 10.2. The average molecular weight is 446 g/mol. The number of nitrogens with one attached hydrogen (secondary N) is 2. The Hall–Kier alpha value is -2.91. The van der Waals surface area contributed by atoms with Gasteiger partial charge in [-0.1, -0.05) is 18.2 Å². The number of nitrogens with zero attached hydrogens (tertiary/aromatic N) is 1. The van der Waals surface area contributed by atoms with Crippen LogP contribution in [0.25, 0.3) is 0 Å². The fourth-order valence-electron chi connectivity index (χ4n) is 3.38. The van der Waals surface area contributed by atoms with Crippen LogP contribution in [0.2, 0.25) is 0 Å². The Kier molecular flexibility index (Phi) is 7.64. The van der Waals surface area contributed by atoms with Gasteiger partial charge in [0.1, 0.15) is 5.75 Å². The molecule has 1 heterocycles. The number of benzene rings is 2. The van der Waals surface area contributed by atoms with Gasteiger partial charge >= 0.3 is 0 Å². The van der Waals surface area contributed by atoms with Crippen LogP contribution in [-0.4, -0.2) is 50.3 Å². The first-order valence-corrected chi connectivity index (χ1v) is 11.6. The molecule has 0 unspecified atom stereocenters. The van der Waals surface area contributed by atoms with Crippen LogP contribution in [0.15, 0.2) is 59.5 Å². The molecule has 2 aromatic rings. The molecule has 3 rings (SSSR count). The third kappa shape index (κ3) is 6.53. The van der Waals surface area contributed by atoms with Gasteiger partial charge in [0.2, 0.25) is 21.8 Å². The lowest BCUT2D eigenvalue weighted by molar-refractivity contribution is -0.122. The summed E-state index contributed by atoms with van der Waals surface area (Å²) in [6.07, 6.45) is 1.34. The highest BCUT2D eigenvalue weighted by Crippen LogP contribution is 2.22. The van der Waals surface area contributed by atoms with E-state index in [9.17, 15) is 18.0 Å². The second-order valence-corrected chi connectivity index (χ2v) is 9.30. The SMILES string of the molecule is CC(=O)Nc1ccc(S(=O)(=O)N2CCC(NC(=O)CCOc3ccccc3)CC2)cc1. The monoisotopic (exact) mass is 445 g/mol. The molecule has 1 aliphatic heterocycles. The van der Waals surface area contributed by atoms with Crippen molar-refractivity contribution in [1.82, 2.24) is 9.62 Å². The first-order chi connectivity index (χ1) is 14.8. The van der Waals surface area contributed by atoms with Crippen molar-refractivity contribution in [2.45, 2.75) is 37.1 Å². The van der Waals surface area contributed by atoms with E-state index < -0.39 is 10.0 Å². The lowest BCUT2D eigenvalue weighted by Gasteiger charge is -2.31. The van der Waals surface area contributed by atoms with E-state index in [1.807, 2.05) is 30.3 Å². The van der Waals surface area contributed by atoms with Crippen molar-refractivity contribution in [2.24, 2.45) is 0 Å². The normalized spacial score (nSPS) is 15.3. The van der Waals surface area contributed by atoms with E-state index in [0.29, 0.717) is 31.6 Å². The number of anilines is 1. The summed E-state index contributed by atoms with van der Waals surface area (Å²) in [6, 6.07) is 15.4. The molecule has 1 saturated heterocycles. The molecule has 31 heavy (non-hydrogen) atoms. The highest BCUT2D eigenvalue weighted by molar-refractivity contribution is 7.89. The highest BCUT2D eigenvalue weighted by atomic mass is 32.2. The summed E-state index contributed by atoms with van der Waals surface area (Å²) in [5, 5.41) is 5.58. The Bertz CT molecular complexity index is 986. The van der Waals surface area contributed by atoms with Crippen LogP contribution in [-0.2, 0) is 19.6 Å². The molecule has 166 valence electrons. The minimum Gasteiger partial charge on any atom is -0.493 e. The molecule has 0 aliphatic carbocycles. The second kappa shape index (κ2) is 10.4. The number of piperidine rings is 1. The van der Waals surface area contributed by atoms with Gasteiger partial charge in [0.05, 0.1) is 17.9 Å². The van der Waals surface area contributed by atoms with Gasteiger partial charge in [0.25, 0.3) is 0 Å². The molecule has 0 aromatic heterocycles. The molecule has 2 amide bonds. The van der Waals surface area contributed by atoms with Crippen LogP contribution < -0.4 is 15.4 Å². The van der Waals surface area contributed by atoms with Gasteiger partial charge in [-0.2, -0.15) is 4.31 Å². The third-order valence-corrected chi connectivity index (χ3v) is 6.89. The van der Waals surface area contributed by atoms with Crippen molar-refractivity contribution in [2.75, 3.05) is 25.0 Å². The summed E-state index contributed by atoms with van der Waals surface area (Å²) in [5.74, 6) is 0.399. The molecule has 2 N–H and O–H groups in total. The Balaban J connectivity index is 1.45. The van der Waals surface area contributed by atoms with Crippen molar-refractivity contribution < 1.29 is 22.7 Å². The van der Waals surface area contributed by atoms with Crippen LogP contribution in [0.1, 0.15) is 26.2 Å². The average Bonchev–Trinajstić information content (AvgIpc) is 2.75. The predicted molar refractivity (Wildman–Crippen MR) is 117 cm³/mol. The molecule has 0 radical (unpaired) electrons. The molecule has 1 aliphatic rings. The fourth-order valence-corrected chi connectivity index (χ4v) is 4.85. The van der Waals surface area contributed by atoms with Gasteiger partial charge in [0.15, 0.2) is 0 Å². The molecule has 8 nitrogen and oxygen atoms in total. The first kappa shape index (κ1) is 22.8. The summed E-state index contributed by atoms with van der Waals surface area (Å²) in [5.41, 5.74) is 0.545. The summed E-state index contributed by atoms with van der Waals surface area (Å²) < 4.78 is 32.7. The Morgan fingerprint density at radius 3 is 2.29 bits per heavy atom. The Morgan fingerprint density at radius 2 is 1.68 bits per heavy atom. The number of carbonyl (C=O) groups is 2. The number of carbonyl (C=O) groups excluding carboxylic acids is 2. The minimum atomic E-state index is -3.62. The molecule has 0 bridgehead atoms. The van der Waals surface area contributed by atoms with Gasteiger partial charge in [-0.15, -0.1) is 0 Å². The van der Waals surface area contributed by atoms with E-state index >= 15 is 0 Å². The predicted octanol–water partition coefficient (Wildman–Crippen LogP) is 2.38. The summed E-state index contributed by atoms with van der Waals surface area (Å²) in [7, 11) is -3.62. The topological polar surface area (TPSA) is 105 Å². The van der Waals surface area contributed by atoms with E-state index in [0.717, 1.165) is 5.75 Å². The van der Waals surface area contributed by atoms with Crippen LogP contribution in [0.5, 0.6) is 5.75 Å². The van der Waals surface area contributed by atoms with Gasteiger partial charge in [-0.3, -0.25) is 9.59 Å². The van der Waals surface area contributed by atoms with E-state index in [1.54, 1.807) is 12.1 Å². The maximum Gasteiger partial charge on any atom is 0.243 e. The number of amides is 2. The van der Waals surface area contributed by atoms with Crippen molar-refractivity contribution in [1.29, 1.82) is 0 Å². The summed E-state index contributed by atoms with van der Waals surface area (Å²) >= 11 is 0. The van der Waals surface area contributed by atoms with Crippen molar-refractivity contribution in [3.05, 3.63) is 54.6 Å². The minimum absolute atomic E-state index is 0.0576. The Morgan fingerprint density at radius 1 is 1.03 bits per heavy atom. The van der Waals surface area contributed by atoms with Crippen molar-refractivity contribution >= 4 is 27.5 Å². The molecule has 0 atom stereocenters. The van der Waals surface area contributed by atoms with Gasteiger partial charge in [0, 0.05) is 31.7 Å². The van der Waals surface area contributed by atoms with E-state index in [2.05, 4.69) is 10.6 Å². The number of hydrogen-bond acceptors (Lipinski definition) is 5. The van der Waals surface area contributed by atoms with E-state index in [1.165, 1.54) is 23.4 Å². The number of para-hydroxylation sites is 1.